The first-order valence-electron chi connectivity index (χ1n) is 8.18. The minimum atomic E-state index is -0.524. The summed E-state index contributed by atoms with van der Waals surface area (Å²) in [6, 6.07) is 3.52. The van der Waals surface area contributed by atoms with Gasteiger partial charge in [-0.2, -0.15) is 0 Å². The Bertz CT molecular complexity index is 682. The van der Waals surface area contributed by atoms with E-state index in [9.17, 15) is 9.59 Å². The third-order valence-corrected chi connectivity index (χ3v) is 5.38. The van der Waals surface area contributed by atoms with Crippen LogP contribution >= 0.6 is 11.8 Å². The molecule has 0 spiro atoms. The molecule has 1 aliphatic rings. The van der Waals surface area contributed by atoms with E-state index >= 15 is 0 Å². The van der Waals surface area contributed by atoms with Crippen LogP contribution in [0.25, 0.3) is 6.08 Å². The zero-order chi connectivity index (χ0) is 18.8. The molecule has 2 heterocycles. The van der Waals surface area contributed by atoms with Crippen molar-refractivity contribution in [3.05, 3.63) is 35.1 Å². The second-order valence-electron chi connectivity index (χ2n) is 7.12. The lowest BCUT2D eigenvalue weighted by atomic mass is 9.78. The molecule has 1 saturated heterocycles. The summed E-state index contributed by atoms with van der Waals surface area (Å²) in [5, 5.41) is 0.0347. The Balaban J connectivity index is 2.29. The number of nitrogens with zero attached hydrogens (tertiary/aromatic N) is 1. The van der Waals surface area contributed by atoms with Crippen molar-refractivity contribution in [2.24, 2.45) is 0 Å². The summed E-state index contributed by atoms with van der Waals surface area (Å²) in [4.78, 5) is 26.9. The van der Waals surface area contributed by atoms with Crippen LogP contribution in [0, 0.1) is 0 Å². The average Bonchev–Trinajstić information content (AvgIpc) is 2.72. The molecule has 0 aromatic carbocycles. The molecule has 7 heteroatoms. The Morgan fingerprint density at radius 2 is 1.76 bits per heavy atom. The van der Waals surface area contributed by atoms with Crippen molar-refractivity contribution in [2.75, 3.05) is 5.75 Å². The highest BCUT2D eigenvalue weighted by Gasteiger charge is 2.52. The van der Waals surface area contributed by atoms with Gasteiger partial charge in [0.25, 0.3) is 0 Å². The number of ketones is 1. The predicted molar refractivity (Wildman–Crippen MR) is 101 cm³/mol. The molecule has 1 aromatic heterocycles. The van der Waals surface area contributed by atoms with Gasteiger partial charge < -0.3 is 9.31 Å². The molecule has 0 atom stereocenters. The largest absolute Gasteiger partial charge is 0.491 e. The molecular weight excluding hydrogens is 337 g/mol. The molecule has 0 aliphatic carbocycles. The predicted octanol–water partition coefficient (Wildman–Crippen LogP) is 3.58. The third-order valence-electron chi connectivity index (χ3n) is 4.50. The molecule has 0 saturated carbocycles. The second-order valence-corrected chi connectivity index (χ2v) is 8.27. The van der Waals surface area contributed by atoms with Gasteiger partial charge in [0.2, 0.25) is 0 Å². The Labute approximate surface area is 153 Å². The van der Waals surface area contributed by atoms with Crippen LogP contribution in [0.2, 0.25) is 0 Å². The second kappa shape index (κ2) is 7.44. The SMILES string of the molecule is CC(=O)SCC(=Cc1ccc(C(C)=O)nc1)B1OC(C)(C)C(C)(C)O1. The topological polar surface area (TPSA) is 65.5 Å². The van der Waals surface area contributed by atoms with Gasteiger partial charge in [-0.15, -0.1) is 0 Å². The number of thioether (sulfide) groups is 1. The van der Waals surface area contributed by atoms with Gasteiger partial charge in [0.1, 0.15) is 5.69 Å². The summed E-state index contributed by atoms with van der Waals surface area (Å²) in [7, 11) is -0.524. The molecule has 25 heavy (non-hydrogen) atoms. The monoisotopic (exact) mass is 361 g/mol. The summed E-state index contributed by atoms with van der Waals surface area (Å²) in [6.07, 6.45) is 3.55. The van der Waals surface area contributed by atoms with Crippen molar-refractivity contribution in [1.82, 2.24) is 4.98 Å². The minimum absolute atomic E-state index is 0.0347. The van der Waals surface area contributed by atoms with E-state index in [1.807, 2.05) is 39.8 Å². The molecule has 0 amide bonds. The molecule has 1 aromatic rings. The van der Waals surface area contributed by atoms with Crippen LogP contribution in [0.15, 0.2) is 23.8 Å². The highest BCUT2D eigenvalue weighted by molar-refractivity contribution is 8.13. The van der Waals surface area contributed by atoms with Crippen molar-refractivity contribution in [3.8, 4) is 0 Å². The van der Waals surface area contributed by atoms with Gasteiger partial charge in [0, 0.05) is 25.8 Å². The van der Waals surface area contributed by atoms with E-state index in [2.05, 4.69) is 4.98 Å². The first-order valence-corrected chi connectivity index (χ1v) is 9.17. The molecular formula is C18H24BNO4S. The lowest BCUT2D eigenvalue weighted by Gasteiger charge is -2.32. The van der Waals surface area contributed by atoms with Crippen LogP contribution in [0.4, 0.5) is 0 Å². The first-order chi connectivity index (χ1) is 11.5. The van der Waals surface area contributed by atoms with E-state index in [0.717, 1.165) is 11.0 Å². The normalized spacial score (nSPS) is 19.1. The summed E-state index contributed by atoms with van der Waals surface area (Å²) in [5.41, 5.74) is 1.21. The Kier molecular flexibility index (Phi) is 5.91. The van der Waals surface area contributed by atoms with Gasteiger partial charge in [-0.05, 0) is 44.8 Å². The van der Waals surface area contributed by atoms with Crippen LogP contribution in [0.1, 0.15) is 57.6 Å². The summed E-state index contributed by atoms with van der Waals surface area (Å²) in [5.74, 6) is 0.398. The zero-order valence-electron chi connectivity index (χ0n) is 15.6. The first kappa shape index (κ1) is 19.9. The smallest absolute Gasteiger partial charge is 0.400 e. The number of carbonyl (C=O) groups is 2. The van der Waals surface area contributed by atoms with Crippen LogP contribution in [-0.2, 0) is 14.1 Å². The lowest BCUT2D eigenvalue weighted by Crippen LogP contribution is -2.41. The Hall–Kier alpha value is -1.44. The number of aromatic nitrogens is 1. The number of hydrogen-bond acceptors (Lipinski definition) is 6. The van der Waals surface area contributed by atoms with E-state index in [1.54, 1.807) is 12.3 Å². The lowest BCUT2D eigenvalue weighted by molar-refractivity contribution is -0.109. The molecule has 0 radical (unpaired) electrons. The van der Waals surface area contributed by atoms with Crippen molar-refractivity contribution in [3.63, 3.8) is 0 Å². The summed E-state index contributed by atoms with van der Waals surface area (Å²) >= 11 is 1.21. The van der Waals surface area contributed by atoms with Crippen LogP contribution in [0.5, 0.6) is 0 Å². The van der Waals surface area contributed by atoms with E-state index in [-0.39, 0.29) is 10.9 Å². The van der Waals surface area contributed by atoms with Gasteiger partial charge in [-0.3, -0.25) is 14.6 Å². The maximum atomic E-state index is 11.4. The fourth-order valence-electron chi connectivity index (χ4n) is 2.27. The number of rotatable bonds is 5. The van der Waals surface area contributed by atoms with Crippen molar-refractivity contribution < 1.29 is 18.9 Å². The molecule has 1 fully saturated rings. The average molecular weight is 361 g/mol. The van der Waals surface area contributed by atoms with Crippen LogP contribution in [-0.4, -0.2) is 40.0 Å². The molecule has 134 valence electrons. The molecule has 0 bridgehead atoms. The zero-order valence-corrected chi connectivity index (χ0v) is 16.4. The van der Waals surface area contributed by atoms with E-state index in [1.165, 1.54) is 25.6 Å². The van der Waals surface area contributed by atoms with Gasteiger partial charge in [0.05, 0.1) is 11.2 Å². The third kappa shape index (κ3) is 4.81. The summed E-state index contributed by atoms with van der Waals surface area (Å²) < 4.78 is 12.2. The van der Waals surface area contributed by atoms with Crippen molar-refractivity contribution in [2.45, 2.75) is 52.7 Å². The maximum absolute atomic E-state index is 11.4. The van der Waals surface area contributed by atoms with Gasteiger partial charge >= 0.3 is 7.12 Å². The highest BCUT2D eigenvalue weighted by Crippen LogP contribution is 2.39. The molecule has 2 rings (SSSR count). The quantitative estimate of drug-likeness (QED) is 0.590. The fraction of sp³-hybridized carbons (Fsp3) is 0.500. The fourth-order valence-corrected chi connectivity index (χ4v) is 2.86. The molecule has 1 aliphatic heterocycles. The number of hydrogen-bond donors (Lipinski definition) is 0. The van der Waals surface area contributed by atoms with E-state index in [0.29, 0.717) is 11.4 Å². The van der Waals surface area contributed by atoms with E-state index in [4.69, 9.17) is 9.31 Å². The maximum Gasteiger partial charge on any atom is 0.491 e. The van der Waals surface area contributed by atoms with Gasteiger partial charge in [-0.25, -0.2) is 0 Å². The van der Waals surface area contributed by atoms with Gasteiger partial charge in [-0.1, -0.05) is 23.9 Å². The van der Waals surface area contributed by atoms with Crippen molar-refractivity contribution >= 4 is 35.9 Å². The standard InChI is InChI=1S/C18H24BNO4S/c1-12(21)16-8-7-14(10-20-16)9-15(11-25-13(2)22)19-23-17(3,4)18(5,6)24-19/h7-10H,11H2,1-6H3. The number of Topliss-reactive ketones (excluding diaryl/α,β-unsaturated/α-hetero) is 1. The van der Waals surface area contributed by atoms with Crippen LogP contribution in [0.3, 0.4) is 0 Å². The molecule has 0 N–H and O–H groups in total. The van der Waals surface area contributed by atoms with E-state index < -0.39 is 18.3 Å². The van der Waals surface area contributed by atoms with Crippen LogP contribution < -0.4 is 0 Å². The minimum Gasteiger partial charge on any atom is -0.400 e. The van der Waals surface area contributed by atoms with Crippen molar-refractivity contribution in [1.29, 1.82) is 0 Å². The molecule has 0 unspecified atom stereocenters. The Morgan fingerprint density at radius 3 is 2.20 bits per heavy atom. The summed E-state index contributed by atoms with van der Waals surface area (Å²) in [6.45, 7) is 11.0. The number of pyridine rings is 1. The number of carbonyl (C=O) groups excluding carboxylic acids is 2. The highest BCUT2D eigenvalue weighted by atomic mass is 32.2. The van der Waals surface area contributed by atoms with Gasteiger partial charge in [0.15, 0.2) is 10.9 Å². The molecule has 5 nitrogen and oxygen atoms in total. The Morgan fingerprint density at radius 1 is 1.16 bits per heavy atom.